The van der Waals surface area contributed by atoms with Crippen LogP contribution < -0.4 is 10.9 Å². The van der Waals surface area contributed by atoms with E-state index in [-0.39, 0.29) is 24.7 Å². The minimum Gasteiger partial charge on any atom is -0.339 e. The molecule has 132 valence electrons. The quantitative estimate of drug-likeness (QED) is 0.673. The van der Waals surface area contributed by atoms with Crippen LogP contribution in [0.15, 0.2) is 59.1 Å². The third-order valence-corrected chi connectivity index (χ3v) is 3.74. The number of carbonyl (C=O) groups excluding carboxylic acids is 2. The molecule has 2 aromatic carbocycles. The smallest absolute Gasteiger partial charge is 0.269 e. The number of hydrogen-bond donors (Lipinski definition) is 2. The molecule has 3 aromatic rings. The highest BCUT2D eigenvalue weighted by Crippen LogP contribution is 2.18. The van der Waals surface area contributed by atoms with Crippen molar-refractivity contribution in [2.75, 3.05) is 0 Å². The van der Waals surface area contributed by atoms with Crippen molar-refractivity contribution in [3.63, 3.8) is 0 Å². The van der Waals surface area contributed by atoms with Gasteiger partial charge in [-0.3, -0.25) is 20.4 Å². The van der Waals surface area contributed by atoms with Crippen LogP contribution in [0.25, 0.3) is 11.4 Å². The summed E-state index contributed by atoms with van der Waals surface area (Å²) in [5.41, 5.74) is 5.93. The van der Waals surface area contributed by atoms with E-state index >= 15 is 0 Å². The Balaban J connectivity index is 1.47. The molecule has 3 rings (SSSR count). The van der Waals surface area contributed by atoms with Gasteiger partial charge in [0, 0.05) is 29.0 Å². The Morgan fingerprint density at radius 2 is 1.73 bits per heavy atom. The molecule has 8 heteroatoms. The molecule has 26 heavy (non-hydrogen) atoms. The van der Waals surface area contributed by atoms with Gasteiger partial charge in [0.15, 0.2) is 0 Å². The molecule has 0 saturated carbocycles. The van der Waals surface area contributed by atoms with Gasteiger partial charge < -0.3 is 4.52 Å². The first-order valence-electron chi connectivity index (χ1n) is 7.84. The maximum Gasteiger partial charge on any atom is 0.269 e. The van der Waals surface area contributed by atoms with Gasteiger partial charge >= 0.3 is 0 Å². The largest absolute Gasteiger partial charge is 0.339 e. The molecule has 1 aromatic heterocycles. The normalized spacial score (nSPS) is 10.3. The summed E-state index contributed by atoms with van der Waals surface area (Å²) in [5.74, 6) is 0.0104. The van der Waals surface area contributed by atoms with Crippen LogP contribution in [-0.4, -0.2) is 22.0 Å². The molecule has 0 aliphatic heterocycles. The summed E-state index contributed by atoms with van der Waals surface area (Å²) in [7, 11) is 0. The van der Waals surface area contributed by atoms with Crippen molar-refractivity contribution in [3.8, 4) is 11.4 Å². The number of hydrogen-bond acceptors (Lipinski definition) is 5. The second-order valence-electron chi connectivity index (χ2n) is 5.39. The molecule has 0 unspecified atom stereocenters. The van der Waals surface area contributed by atoms with Crippen molar-refractivity contribution in [1.29, 1.82) is 0 Å². The molecule has 0 bridgehead atoms. The zero-order chi connectivity index (χ0) is 18.4. The third kappa shape index (κ3) is 4.67. The Morgan fingerprint density at radius 1 is 1.00 bits per heavy atom. The molecule has 2 N–H and O–H groups in total. The molecular weight excluding hydrogens is 356 g/mol. The molecule has 0 fully saturated rings. The van der Waals surface area contributed by atoms with Crippen LogP contribution in [0, 0.1) is 0 Å². The van der Waals surface area contributed by atoms with Crippen LogP contribution in [-0.2, 0) is 11.2 Å². The fourth-order valence-corrected chi connectivity index (χ4v) is 2.27. The highest BCUT2D eigenvalue weighted by molar-refractivity contribution is 6.30. The van der Waals surface area contributed by atoms with E-state index in [1.807, 2.05) is 0 Å². The maximum atomic E-state index is 11.8. The Hall–Kier alpha value is -3.19. The summed E-state index contributed by atoms with van der Waals surface area (Å²) in [6.45, 7) is 0. The van der Waals surface area contributed by atoms with Crippen molar-refractivity contribution in [3.05, 3.63) is 71.1 Å². The monoisotopic (exact) mass is 370 g/mol. The van der Waals surface area contributed by atoms with E-state index in [1.54, 1.807) is 54.6 Å². The highest BCUT2D eigenvalue weighted by atomic mass is 35.5. The van der Waals surface area contributed by atoms with Gasteiger partial charge in [-0.1, -0.05) is 35.0 Å². The summed E-state index contributed by atoms with van der Waals surface area (Å²) in [5, 5.41) is 4.49. The van der Waals surface area contributed by atoms with Crippen LogP contribution in [0.3, 0.4) is 0 Å². The SMILES string of the molecule is O=C(CCc1nc(-c2ccc(Cl)cc2)no1)NNC(=O)c1ccccc1. The van der Waals surface area contributed by atoms with E-state index in [1.165, 1.54) is 0 Å². The molecular formula is C18H15ClN4O3. The van der Waals surface area contributed by atoms with Gasteiger partial charge in [0.1, 0.15) is 0 Å². The minimum atomic E-state index is -0.387. The van der Waals surface area contributed by atoms with Gasteiger partial charge in [0.25, 0.3) is 5.91 Å². The molecule has 2 amide bonds. The molecule has 0 aliphatic rings. The number of carbonyl (C=O) groups is 2. The van der Waals surface area contributed by atoms with Crippen LogP contribution in [0.4, 0.5) is 0 Å². The first-order chi connectivity index (χ1) is 12.6. The fourth-order valence-electron chi connectivity index (χ4n) is 2.14. The summed E-state index contributed by atoms with van der Waals surface area (Å²) in [6.07, 6.45) is 0.352. The van der Waals surface area contributed by atoms with E-state index in [0.29, 0.717) is 22.3 Å². The number of aryl methyl sites for hydroxylation is 1. The molecule has 0 spiro atoms. The van der Waals surface area contributed by atoms with E-state index in [2.05, 4.69) is 21.0 Å². The van der Waals surface area contributed by atoms with Gasteiger partial charge in [0.2, 0.25) is 17.6 Å². The van der Waals surface area contributed by atoms with Crippen LogP contribution in [0.1, 0.15) is 22.7 Å². The Bertz CT molecular complexity index is 894. The number of halogens is 1. The first kappa shape index (κ1) is 17.6. The van der Waals surface area contributed by atoms with E-state index in [0.717, 1.165) is 5.56 Å². The fraction of sp³-hybridized carbons (Fsp3) is 0.111. The number of nitrogens with zero attached hydrogens (tertiary/aromatic N) is 2. The van der Waals surface area contributed by atoms with Crippen LogP contribution in [0.5, 0.6) is 0 Å². The van der Waals surface area contributed by atoms with Gasteiger partial charge in [0.05, 0.1) is 0 Å². The molecule has 0 saturated heterocycles. The predicted octanol–water partition coefficient (Wildman–Crippen LogP) is 2.78. The lowest BCUT2D eigenvalue weighted by atomic mass is 10.2. The summed E-state index contributed by atoms with van der Waals surface area (Å²) >= 11 is 5.84. The summed E-state index contributed by atoms with van der Waals surface area (Å²) < 4.78 is 5.13. The number of benzene rings is 2. The summed E-state index contributed by atoms with van der Waals surface area (Å²) in [6, 6.07) is 15.6. The standard InChI is InChI=1S/C18H15ClN4O3/c19-14-8-6-12(7-9-14)17-20-16(26-23-17)11-10-15(24)21-22-18(25)13-4-2-1-3-5-13/h1-9H,10-11H2,(H,21,24)(H,22,25). The van der Waals surface area contributed by atoms with Gasteiger partial charge in [-0.05, 0) is 36.4 Å². The Kier molecular flexibility index (Phi) is 5.60. The molecule has 0 aliphatic carbocycles. The number of amides is 2. The van der Waals surface area contributed by atoms with E-state index < -0.39 is 0 Å². The first-order valence-corrected chi connectivity index (χ1v) is 8.22. The van der Waals surface area contributed by atoms with E-state index in [9.17, 15) is 9.59 Å². The average Bonchev–Trinajstić information content (AvgIpc) is 3.14. The highest BCUT2D eigenvalue weighted by Gasteiger charge is 2.11. The van der Waals surface area contributed by atoms with Gasteiger partial charge in [-0.2, -0.15) is 4.98 Å². The lowest BCUT2D eigenvalue weighted by Crippen LogP contribution is -2.41. The van der Waals surface area contributed by atoms with Crippen molar-refractivity contribution >= 4 is 23.4 Å². The summed E-state index contributed by atoms with van der Waals surface area (Å²) in [4.78, 5) is 27.9. The molecule has 1 heterocycles. The second-order valence-corrected chi connectivity index (χ2v) is 5.82. The zero-order valence-electron chi connectivity index (χ0n) is 13.6. The number of hydrazine groups is 1. The van der Waals surface area contributed by atoms with Crippen LogP contribution >= 0.6 is 11.6 Å². The van der Waals surface area contributed by atoms with Crippen molar-refractivity contribution in [2.45, 2.75) is 12.8 Å². The average molecular weight is 371 g/mol. The number of rotatable bonds is 5. The van der Waals surface area contributed by atoms with Crippen molar-refractivity contribution in [1.82, 2.24) is 21.0 Å². The van der Waals surface area contributed by atoms with Crippen LogP contribution in [0.2, 0.25) is 5.02 Å². The van der Waals surface area contributed by atoms with Gasteiger partial charge in [-0.25, -0.2) is 0 Å². The topological polar surface area (TPSA) is 97.1 Å². The minimum absolute atomic E-state index is 0.0946. The van der Waals surface area contributed by atoms with Gasteiger partial charge in [-0.15, -0.1) is 0 Å². The Labute approximate surface area is 154 Å². The molecule has 0 atom stereocenters. The van der Waals surface area contributed by atoms with E-state index in [4.69, 9.17) is 16.1 Å². The second kappa shape index (κ2) is 8.26. The van der Waals surface area contributed by atoms with Crippen molar-refractivity contribution < 1.29 is 14.1 Å². The zero-order valence-corrected chi connectivity index (χ0v) is 14.4. The molecule has 7 nitrogen and oxygen atoms in total. The lowest BCUT2D eigenvalue weighted by Gasteiger charge is -2.06. The lowest BCUT2D eigenvalue weighted by molar-refractivity contribution is -0.121. The van der Waals surface area contributed by atoms with Crippen molar-refractivity contribution in [2.24, 2.45) is 0 Å². The number of aromatic nitrogens is 2. The Morgan fingerprint density at radius 3 is 2.46 bits per heavy atom. The predicted molar refractivity (Wildman–Crippen MR) is 95.1 cm³/mol. The molecule has 0 radical (unpaired) electrons. The number of nitrogens with one attached hydrogen (secondary N) is 2. The third-order valence-electron chi connectivity index (χ3n) is 3.49. The maximum absolute atomic E-state index is 11.8.